The van der Waals surface area contributed by atoms with E-state index in [1.54, 1.807) is 0 Å². The number of methoxy groups -OCH3 is 1. The summed E-state index contributed by atoms with van der Waals surface area (Å²) in [6.45, 7) is 0. The quantitative estimate of drug-likeness (QED) is 0.834. The molecule has 0 fully saturated rings. The van der Waals surface area contributed by atoms with Gasteiger partial charge in [0.1, 0.15) is 0 Å². The van der Waals surface area contributed by atoms with Crippen molar-refractivity contribution >= 4 is 10.8 Å². The van der Waals surface area contributed by atoms with Crippen LogP contribution in [0.3, 0.4) is 0 Å². The molecule has 1 N–H and O–H groups in total. The lowest BCUT2D eigenvalue weighted by Crippen LogP contribution is -2.11. The molecular formula is C10H7F3N2O2. The van der Waals surface area contributed by atoms with E-state index in [0.29, 0.717) is 0 Å². The number of hydrogen-bond donors (Lipinski definition) is 1. The fraction of sp³-hybridized carbons (Fsp3) is 0.200. The molecule has 0 atom stereocenters. The Kier molecular flexibility index (Phi) is 2.53. The zero-order valence-corrected chi connectivity index (χ0v) is 8.63. The molecule has 17 heavy (non-hydrogen) atoms. The Balaban J connectivity index is 2.80. The van der Waals surface area contributed by atoms with Crippen LogP contribution in [-0.4, -0.2) is 17.3 Å². The molecule has 0 aliphatic heterocycles. The normalized spacial score (nSPS) is 11.8. The highest BCUT2D eigenvalue weighted by Gasteiger charge is 2.31. The van der Waals surface area contributed by atoms with Crippen LogP contribution >= 0.6 is 0 Å². The highest BCUT2D eigenvalue weighted by Crippen LogP contribution is 2.32. The Hall–Kier alpha value is -2.05. The fourth-order valence-corrected chi connectivity index (χ4v) is 1.47. The number of H-pyrrole nitrogens is 1. The Bertz CT molecular complexity index is 619. The van der Waals surface area contributed by atoms with Gasteiger partial charge in [-0.2, -0.15) is 13.2 Å². The molecule has 1 heterocycles. The molecule has 0 saturated heterocycles. The topological polar surface area (TPSA) is 55.0 Å². The molecule has 2 rings (SSSR count). The zero-order valence-electron chi connectivity index (χ0n) is 8.63. The molecule has 1 aromatic heterocycles. The number of fused-ring (bicyclic) bond motifs is 1. The molecular weight excluding hydrogens is 237 g/mol. The van der Waals surface area contributed by atoms with Crippen LogP contribution < -0.4 is 10.3 Å². The van der Waals surface area contributed by atoms with Gasteiger partial charge in [0.15, 0.2) is 0 Å². The first-order valence-corrected chi connectivity index (χ1v) is 4.57. The van der Waals surface area contributed by atoms with Crippen LogP contribution in [0.15, 0.2) is 23.0 Å². The van der Waals surface area contributed by atoms with E-state index >= 15 is 0 Å². The number of benzene rings is 1. The van der Waals surface area contributed by atoms with Crippen LogP contribution in [0.5, 0.6) is 5.88 Å². The fourth-order valence-electron chi connectivity index (χ4n) is 1.47. The minimum atomic E-state index is -4.47. The molecule has 0 aliphatic rings. The van der Waals surface area contributed by atoms with Crippen molar-refractivity contribution in [2.24, 2.45) is 0 Å². The summed E-state index contributed by atoms with van der Waals surface area (Å²) in [7, 11) is 1.26. The third-order valence-corrected chi connectivity index (χ3v) is 2.27. The van der Waals surface area contributed by atoms with E-state index in [9.17, 15) is 18.0 Å². The van der Waals surface area contributed by atoms with Crippen LogP contribution in [-0.2, 0) is 6.18 Å². The third kappa shape index (κ3) is 1.95. The molecule has 0 bridgehead atoms. The van der Waals surface area contributed by atoms with Crippen molar-refractivity contribution in [1.82, 2.24) is 10.2 Å². The summed E-state index contributed by atoms with van der Waals surface area (Å²) in [5.41, 5.74) is -1.41. The highest BCUT2D eigenvalue weighted by atomic mass is 19.4. The van der Waals surface area contributed by atoms with Gasteiger partial charge in [-0.25, -0.2) is 5.10 Å². The van der Waals surface area contributed by atoms with Gasteiger partial charge in [-0.1, -0.05) is 0 Å². The second-order valence-corrected chi connectivity index (χ2v) is 3.32. The Morgan fingerprint density at radius 3 is 2.59 bits per heavy atom. The van der Waals surface area contributed by atoms with Crippen LogP contribution in [0.4, 0.5) is 13.2 Å². The van der Waals surface area contributed by atoms with Gasteiger partial charge in [0.25, 0.3) is 5.56 Å². The summed E-state index contributed by atoms with van der Waals surface area (Å²) >= 11 is 0. The van der Waals surface area contributed by atoms with Crippen molar-refractivity contribution in [1.29, 1.82) is 0 Å². The average Bonchev–Trinajstić information content (AvgIpc) is 2.28. The number of hydrogen-bond acceptors (Lipinski definition) is 3. The molecule has 0 spiro atoms. The first-order chi connectivity index (χ1) is 7.93. The maximum Gasteiger partial charge on any atom is 0.416 e. The first kappa shape index (κ1) is 11.4. The first-order valence-electron chi connectivity index (χ1n) is 4.57. The minimum Gasteiger partial charge on any atom is -0.480 e. The number of alkyl halides is 3. The summed E-state index contributed by atoms with van der Waals surface area (Å²) in [6.07, 6.45) is -4.47. The monoisotopic (exact) mass is 244 g/mol. The predicted octanol–water partition coefficient (Wildman–Crippen LogP) is 1.95. The highest BCUT2D eigenvalue weighted by molar-refractivity contribution is 5.86. The second kappa shape index (κ2) is 3.76. The zero-order chi connectivity index (χ0) is 12.6. The van der Waals surface area contributed by atoms with E-state index in [1.807, 2.05) is 0 Å². The van der Waals surface area contributed by atoms with E-state index in [0.717, 1.165) is 18.2 Å². The molecule has 90 valence electrons. The van der Waals surface area contributed by atoms with Gasteiger partial charge in [0.2, 0.25) is 5.88 Å². The lowest BCUT2D eigenvalue weighted by atomic mass is 10.1. The van der Waals surface area contributed by atoms with Crippen molar-refractivity contribution in [3.8, 4) is 5.88 Å². The number of aromatic amines is 1. The summed E-state index contributed by atoms with van der Waals surface area (Å²) in [6, 6.07) is 2.79. The van der Waals surface area contributed by atoms with Gasteiger partial charge in [0.05, 0.1) is 23.4 Å². The lowest BCUT2D eigenvalue weighted by molar-refractivity contribution is -0.137. The molecule has 0 amide bonds. The van der Waals surface area contributed by atoms with Crippen LogP contribution in [0.25, 0.3) is 10.8 Å². The lowest BCUT2D eigenvalue weighted by Gasteiger charge is -2.08. The maximum atomic E-state index is 12.5. The number of nitrogens with one attached hydrogen (secondary N) is 1. The van der Waals surface area contributed by atoms with E-state index in [1.165, 1.54) is 7.11 Å². The third-order valence-electron chi connectivity index (χ3n) is 2.27. The van der Waals surface area contributed by atoms with Gasteiger partial charge in [-0.05, 0) is 18.2 Å². The molecule has 0 unspecified atom stereocenters. The minimum absolute atomic E-state index is 0.0334. The van der Waals surface area contributed by atoms with Gasteiger partial charge >= 0.3 is 6.18 Å². The number of aromatic nitrogens is 2. The average molecular weight is 244 g/mol. The molecule has 4 nitrogen and oxygen atoms in total. The molecule has 7 heteroatoms. The number of ether oxygens (including phenoxy) is 1. The molecule has 1 aromatic carbocycles. The summed E-state index contributed by atoms with van der Waals surface area (Å²) in [5, 5.41) is 5.80. The van der Waals surface area contributed by atoms with Crippen LogP contribution in [0.2, 0.25) is 0 Å². The van der Waals surface area contributed by atoms with Gasteiger partial charge in [0, 0.05) is 0 Å². The maximum absolute atomic E-state index is 12.5. The smallest absolute Gasteiger partial charge is 0.416 e. The SMILES string of the molecule is COc1n[nH]c(=O)c2ccc(C(F)(F)F)cc12. The number of nitrogens with zero attached hydrogens (tertiary/aromatic N) is 1. The van der Waals surface area contributed by atoms with Gasteiger partial charge < -0.3 is 4.74 Å². The Labute approximate surface area is 93.0 Å². The number of rotatable bonds is 1. The van der Waals surface area contributed by atoms with E-state index < -0.39 is 17.3 Å². The van der Waals surface area contributed by atoms with E-state index in [2.05, 4.69) is 10.2 Å². The molecule has 0 saturated carbocycles. The van der Waals surface area contributed by atoms with Crippen molar-refractivity contribution in [3.05, 3.63) is 34.1 Å². The van der Waals surface area contributed by atoms with Crippen LogP contribution in [0.1, 0.15) is 5.56 Å². The summed E-state index contributed by atoms with van der Waals surface area (Å²) < 4.78 is 42.3. The van der Waals surface area contributed by atoms with E-state index in [-0.39, 0.29) is 16.7 Å². The summed E-state index contributed by atoms with van der Waals surface area (Å²) in [5.74, 6) is -0.0503. The van der Waals surface area contributed by atoms with Crippen molar-refractivity contribution in [2.45, 2.75) is 6.18 Å². The Morgan fingerprint density at radius 1 is 1.29 bits per heavy atom. The number of halogens is 3. The second-order valence-electron chi connectivity index (χ2n) is 3.32. The standard InChI is InChI=1S/C10H7F3N2O2/c1-17-9-7-4-5(10(11,12)13)2-3-6(7)8(16)14-15-9/h2-4H,1H3,(H,14,16). The van der Waals surface area contributed by atoms with Crippen molar-refractivity contribution < 1.29 is 17.9 Å². The van der Waals surface area contributed by atoms with Gasteiger partial charge in [-0.15, -0.1) is 5.10 Å². The van der Waals surface area contributed by atoms with Gasteiger partial charge in [-0.3, -0.25) is 4.79 Å². The Morgan fingerprint density at radius 2 is 2.00 bits per heavy atom. The van der Waals surface area contributed by atoms with E-state index in [4.69, 9.17) is 4.74 Å². The van der Waals surface area contributed by atoms with Crippen molar-refractivity contribution in [3.63, 3.8) is 0 Å². The van der Waals surface area contributed by atoms with Crippen LogP contribution in [0, 0.1) is 0 Å². The largest absolute Gasteiger partial charge is 0.480 e. The molecule has 2 aromatic rings. The van der Waals surface area contributed by atoms with Crippen molar-refractivity contribution in [2.75, 3.05) is 7.11 Å². The summed E-state index contributed by atoms with van der Waals surface area (Å²) in [4.78, 5) is 11.4. The molecule has 0 aliphatic carbocycles. The predicted molar refractivity (Wildman–Crippen MR) is 53.9 cm³/mol. The molecule has 0 radical (unpaired) electrons.